The summed E-state index contributed by atoms with van der Waals surface area (Å²) in [7, 11) is 0. The highest BCUT2D eigenvalue weighted by Crippen LogP contribution is 2.26. The van der Waals surface area contributed by atoms with Crippen molar-refractivity contribution in [3.63, 3.8) is 0 Å². The lowest BCUT2D eigenvalue weighted by Gasteiger charge is -2.37. The van der Waals surface area contributed by atoms with Crippen molar-refractivity contribution in [2.75, 3.05) is 31.1 Å². The van der Waals surface area contributed by atoms with Crippen LogP contribution in [0.4, 0.5) is 10.5 Å². The number of nitrogens with zero attached hydrogens (tertiary/aromatic N) is 2. The molecule has 0 saturated carbocycles. The number of nitrogens with two attached hydrogens (primary N) is 1. The smallest absolute Gasteiger partial charge is 0.410 e. The Morgan fingerprint density at radius 1 is 1.27 bits per heavy atom. The number of piperazine rings is 1. The maximum atomic E-state index is 12.1. The van der Waals surface area contributed by atoms with Crippen LogP contribution in [0.3, 0.4) is 0 Å². The van der Waals surface area contributed by atoms with E-state index in [0.717, 1.165) is 24.3 Å². The Kier molecular flexibility index (Phi) is 5.19. The predicted octanol–water partition coefficient (Wildman–Crippen LogP) is 2.86. The molecule has 1 aliphatic heterocycles. The van der Waals surface area contributed by atoms with E-state index in [4.69, 9.17) is 22.1 Å². The quantitative estimate of drug-likeness (QED) is 0.908. The van der Waals surface area contributed by atoms with Crippen LogP contribution in [0.2, 0.25) is 5.02 Å². The van der Waals surface area contributed by atoms with Crippen molar-refractivity contribution in [1.29, 1.82) is 0 Å². The minimum absolute atomic E-state index is 0.253. The van der Waals surface area contributed by atoms with E-state index in [2.05, 4.69) is 4.90 Å². The van der Waals surface area contributed by atoms with Gasteiger partial charge in [0.15, 0.2) is 0 Å². The topological polar surface area (TPSA) is 58.8 Å². The number of anilines is 1. The molecule has 122 valence electrons. The van der Waals surface area contributed by atoms with Gasteiger partial charge in [0.05, 0.1) is 0 Å². The van der Waals surface area contributed by atoms with Crippen molar-refractivity contribution in [3.8, 4) is 0 Å². The number of amides is 1. The number of carbonyl (C=O) groups is 1. The summed E-state index contributed by atoms with van der Waals surface area (Å²) < 4.78 is 5.41. The Hall–Kier alpha value is -1.46. The van der Waals surface area contributed by atoms with Crippen LogP contribution in [0, 0.1) is 0 Å². The molecule has 1 heterocycles. The summed E-state index contributed by atoms with van der Waals surface area (Å²) in [5, 5.41) is 0.696. The Morgan fingerprint density at radius 2 is 1.91 bits per heavy atom. The largest absolute Gasteiger partial charge is 0.444 e. The van der Waals surface area contributed by atoms with Crippen LogP contribution in [0.1, 0.15) is 26.3 Å². The van der Waals surface area contributed by atoms with Gasteiger partial charge in [-0.2, -0.15) is 0 Å². The molecule has 1 amide bonds. The first kappa shape index (κ1) is 16.9. The minimum Gasteiger partial charge on any atom is -0.444 e. The van der Waals surface area contributed by atoms with Crippen LogP contribution in [0.5, 0.6) is 0 Å². The predicted molar refractivity (Wildman–Crippen MR) is 89.4 cm³/mol. The number of ether oxygens (including phenoxy) is 1. The summed E-state index contributed by atoms with van der Waals surface area (Å²) in [6, 6.07) is 5.75. The van der Waals surface area contributed by atoms with Gasteiger partial charge >= 0.3 is 6.09 Å². The Balaban J connectivity index is 2.00. The van der Waals surface area contributed by atoms with E-state index in [1.165, 1.54) is 0 Å². The van der Waals surface area contributed by atoms with Crippen molar-refractivity contribution in [3.05, 3.63) is 28.8 Å². The molecule has 1 aromatic rings. The van der Waals surface area contributed by atoms with E-state index < -0.39 is 5.60 Å². The third-order valence-electron chi connectivity index (χ3n) is 3.54. The van der Waals surface area contributed by atoms with Crippen molar-refractivity contribution in [2.45, 2.75) is 32.9 Å². The lowest BCUT2D eigenvalue weighted by atomic mass is 10.1. The average molecular weight is 326 g/mol. The molecule has 2 rings (SSSR count). The second-order valence-corrected chi connectivity index (χ2v) is 6.87. The highest BCUT2D eigenvalue weighted by molar-refractivity contribution is 6.30. The third kappa shape index (κ3) is 4.27. The molecule has 1 aliphatic rings. The number of hydrogen-bond donors (Lipinski definition) is 1. The fourth-order valence-electron chi connectivity index (χ4n) is 2.46. The van der Waals surface area contributed by atoms with Gasteiger partial charge in [0.2, 0.25) is 0 Å². The Bertz CT molecular complexity index is 535. The maximum absolute atomic E-state index is 12.1. The molecule has 1 aromatic carbocycles. The first-order valence-electron chi connectivity index (χ1n) is 7.51. The fourth-order valence-corrected chi connectivity index (χ4v) is 2.63. The molecule has 5 nitrogen and oxygen atoms in total. The molecule has 0 aromatic heterocycles. The SMILES string of the molecule is CC(C)(C)OC(=O)N1CCN(c2cc(Cl)ccc2CN)CC1. The van der Waals surface area contributed by atoms with Gasteiger partial charge in [-0.1, -0.05) is 17.7 Å². The van der Waals surface area contributed by atoms with Gasteiger partial charge in [0.1, 0.15) is 5.60 Å². The Morgan fingerprint density at radius 3 is 2.45 bits per heavy atom. The summed E-state index contributed by atoms with van der Waals surface area (Å²) >= 11 is 6.09. The standard InChI is InChI=1S/C16H24ClN3O2/c1-16(2,3)22-15(21)20-8-6-19(7-9-20)14-10-13(17)5-4-12(14)11-18/h4-5,10H,6-9,11,18H2,1-3H3. The normalized spacial score (nSPS) is 15.9. The molecular formula is C16H24ClN3O2. The molecule has 1 saturated heterocycles. The van der Waals surface area contributed by atoms with Crippen LogP contribution in [-0.2, 0) is 11.3 Å². The van der Waals surface area contributed by atoms with Crippen LogP contribution in [0.25, 0.3) is 0 Å². The van der Waals surface area contributed by atoms with Crippen molar-refractivity contribution >= 4 is 23.4 Å². The van der Waals surface area contributed by atoms with Gasteiger partial charge in [-0.05, 0) is 38.5 Å². The Labute approximate surface area is 137 Å². The van der Waals surface area contributed by atoms with E-state index in [1.807, 2.05) is 39.0 Å². The lowest BCUT2D eigenvalue weighted by Crippen LogP contribution is -2.50. The first-order chi connectivity index (χ1) is 10.3. The number of benzene rings is 1. The third-order valence-corrected chi connectivity index (χ3v) is 3.77. The molecule has 1 fully saturated rings. The highest BCUT2D eigenvalue weighted by Gasteiger charge is 2.26. The molecule has 0 aliphatic carbocycles. The van der Waals surface area contributed by atoms with Crippen molar-refractivity contribution < 1.29 is 9.53 Å². The molecule has 0 spiro atoms. The molecule has 0 atom stereocenters. The summed E-state index contributed by atoms with van der Waals surface area (Å²) in [6.45, 7) is 8.84. The molecule has 0 bridgehead atoms. The summed E-state index contributed by atoms with van der Waals surface area (Å²) in [5.74, 6) is 0. The van der Waals surface area contributed by atoms with Gasteiger partial charge in [-0.15, -0.1) is 0 Å². The molecular weight excluding hydrogens is 302 g/mol. The molecule has 0 unspecified atom stereocenters. The van der Waals surface area contributed by atoms with Crippen molar-refractivity contribution in [1.82, 2.24) is 4.90 Å². The average Bonchev–Trinajstić information content (AvgIpc) is 2.45. The molecule has 6 heteroatoms. The van der Waals surface area contributed by atoms with Crippen LogP contribution in [-0.4, -0.2) is 42.8 Å². The summed E-state index contributed by atoms with van der Waals surface area (Å²) in [6.07, 6.45) is -0.253. The monoisotopic (exact) mass is 325 g/mol. The zero-order valence-corrected chi connectivity index (χ0v) is 14.2. The zero-order valence-electron chi connectivity index (χ0n) is 13.4. The van der Waals surface area contributed by atoms with Crippen LogP contribution in [0.15, 0.2) is 18.2 Å². The lowest BCUT2D eigenvalue weighted by molar-refractivity contribution is 0.0240. The zero-order chi connectivity index (χ0) is 16.3. The second-order valence-electron chi connectivity index (χ2n) is 6.43. The first-order valence-corrected chi connectivity index (χ1v) is 7.89. The number of carbonyl (C=O) groups excluding carboxylic acids is 1. The van der Waals surface area contributed by atoms with Gasteiger partial charge < -0.3 is 20.3 Å². The van der Waals surface area contributed by atoms with E-state index >= 15 is 0 Å². The molecule has 22 heavy (non-hydrogen) atoms. The van der Waals surface area contributed by atoms with Crippen LogP contribution >= 0.6 is 11.6 Å². The highest BCUT2D eigenvalue weighted by atomic mass is 35.5. The van der Waals surface area contributed by atoms with E-state index in [1.54, 1.807) is 4.90 Å². The van der Waals surface area contributed by atoms with E-state index in [9.17, 15) is 4.79 Å². The van der Waals surface area contributed by atoms with Gasteiger partial charge in [-0.3, -0.25) is 0 Å². The van der Waals surface area contributed by atoms with E-state index in [0.29, 0.717) is 24.7 Å². The van der Waals surface area contributed by atoms with E-state index in [-0.39, 0.29) is 6.09 Å². The van der Waals surface area contributed by atoms with Crippen molar-refractivity contribution in [2.24, 2.45) is 5.73 Å². The summed E-state index contributed by atoms with van der Waals surface area (Å²) in [4.78, 5) is 16.0. The number of hydrogen-bond acceptors (Lipinski definition) is 4. The minimum atomic E-state index is -0.464. The molecule has 2 N–H and O–H groups in total. The maximum Gasteiger partial charge on any atom is 0.410 e. The van der Waals surface area contributed by atoms with Gasteiger partial charge in [-0.25, -0.2) is 4.79 Å². The van der Waals surface area contributed by atoms with Gasteiger partial charge in [0.25, 0.3) is 0 Å². The molecule has 0 radical (unpaired) electrons. The van der Waals surface area contributed by atoms with Crippen LogP contribution < -0.4 is 10.6 Å². The second kappa shape index (κ2) is 6.75. The van der Waals surface area contributed by atoms with Gasteiger partial charge in [0, 0.05) is 43.4 Å². The number of rotatable bonds is 2. The number of halogens is 1. The summed E-state index contributed by atoms with van der Waals surface area (Å²) in [5.41, 5.74) is 7.45. The fraction of sp³-hybridized carbons (Fsp3) is 0.562.